The zero-order chi connectivity index (χ0) is 17.4. The smallest absolute Gasteiger partial charge is 0.257 e. The molecular weight excluding hydrogens is 330 g/mol. The predicted octanol–water partition coefficient (Wildman–Crippen LogP) is 2.75. The number of benzene rings is 1. The Labute approximate surface area is 145 Å². The molecule has 0 atom stereocenters. The van der Waals surface area contributed by atoms with E-state index >= 15 is 0 Å². The predicted molar refractivity (Wildman–Crippen MR) is 92.5 cm³/mol. The Hall–Kier alpha value is -2.44. The Morgan fingerprint density at radius 1 is 1.12 bits per heavy atom. The van der Waals surface area contributed by atoms with Crippen molar-refractivity contribution in [1.82, 2.24) is 10.3 Å². The SMILES string of the molecule is COCCCNC(=O)c1cncc(C(=O)Nc2ccc(Cl)cc2)c1. The van der Waals surface area contributed by atoms with Crippen LogP contribution in [0.4, 0.5) is 5.69 Å². The van der Waals surface area contributed by atoms with Gasteiger partial charge in [0.15, 0.2) is 0 Å². The third kappa shape index (κ3) is 5.33. The number of nitrogens with one attached hydrogen (secondary N) is 2. The summed E-state index contributed by atoms with van der Waals surface area (Å²) in [5.74, 6) is -0.626. The van der Waals surface area contributed by atoms with E-state index in [2.05, 4.69) is 15.6 Å². The molecule has 0 spiro atoms. The molecule has 7 heteroatoms. The van der Waals surface area contributed by atoms with Crippen molar-refractivity contribution in [1.29, 1.82) is 0 Å². The molecule has 2 aromatic rings. The van der Waals surface area contributed by atoms with Crippen molar-refractivity contribution in [3.05, 3.63) is 58.9 Å². The van der Waals surface area contributed by atoms with Gasteiger partial charge < -0.3 is 15.4 Å². The lowest BCUT2D eigenvalue weighted by Crippen LogP contribution is -2.25. The highest BCUT2D eigenvalue weighted by Crippen LogP contribution is 2.14. The van der Waals surface area contributed by atoms with Crippen LogP contribution in [0.2, 0.25) is 5.02 Å². The number of methoxy groups -OCH3 is 1. The van der Waals surface area contributed by atoms with E-state index in [1.54, 1.807) is 31.4 Å². The first-order chi connectivity index (χ1) is 11.6. The number of aromatic nitrogens is 1. The summed E-state index contributed by atoms with van der Waals surface area (Å²) in [6, 6.07) is 8.25. The second-order valence-corrected chi connectivity index (χ2v) is 5.46. The standard InChI is InChI=1S/C17H18ClN3O3/c1-24-8-2-7-20-16(22)12-9-13(11-19-10-12)17(23)21-15-5-3-14(18)4-6-15/h3-6,9-11H,2,7-8H2,1H3,(H,20,22)(H,21,23). The first-order valence-electron chi connectivity index (χ1n) is 7.39. The van der Waals surface area contributed by atoms with E-state index in [-0.39, 0.29) is 11.8 Å². The van der Waals surface area contributed by atoms with Crippen LogP contribution in [0.1, 0.15) is 27.1 Å². The van der Waals surface area contributed by atoms with Gasteiger partial charge in [-0.05, 0) is 36.8 Å². The highest BCUT2D eigenvalue weighted by atomic mass is 35.5. The van der Waals surface area contributed by atoms with E-state index in [1.165, 1.54) is 18.5 Å². The topological polar surface area (TPSA) is 80.3 Å². The fraction of sp³-hybridized carbons (Fsp3) is 0.235. The number of anilines is 1. The molecule has 2 rings (SSSR count). The van der Waals surface area contributed by atoms with Gasteiger partial charge in [-0.3, -0.25) is 14.6 Å². The second kappa shape index (κ2) is 9.00. The highest BCUT2D eigenvalue weighted by molar-refractivity contribution is 6.30. The molecule has 0 saturated heterocycles. The molecular formula is C17H18ClN3O3. The number of pyridine rings is 1. The molecule has 0 saturated carbocycles. The monoisotopic (exact) mass is 347 g/mol. The summed E-state index contributed by atoms with van der Waals surface area (Å²) in [4.78, 5) is 28.2. The summed E-state index contributed by atoms with van der Waals surface area (Å²) in [6.45, 7) is 1.07. The Balaban J connectivity index is 1.99. The molecule has 24 heavy (non-hydrogen) atoms. The molecule has 0 radical (unpaired) electrons. The number of ether oxygens (including phenoxy) is 1. The fourth-order valence-corrected chi connectivity index (χ4v) is 2.07. The van der Waals surface area contributed by atoms with Crippen molar-refractivity contribution < 1.29 is 14.3 Å². The van der Waals surface area contributed by atoms with E-state index in [1.807, 2.05) is 0 Å². The molecule has 2 amide bonds. The summed E-state index contributed by atoms with van der Waals surface area (Å²) in [5, 5.41) is 6.06. The molecule has 1 aromatic heterocycles. The minimum Gasteiger partial charge on any atom is -0.385 e. The summed E-state index contributed by atoms with van der Waals surface area (Å²) >= 11 is 5.81. The molecule has 0 aliphatic rings. The normalized spacial score (nSPS) is 10.2. The van der Waals surface area contributed by atoms with E-state index < -0.39 is 0 Å². The maximum atomic E-state index is 12.2. The van der Waals surface area contributed by atoms with Crippen molar-refractivity contribution in [2.24, 2.45) is 0 Å². The average molecular weight is 348 g/mol. The third-order valence-electron chi connectivity index (χ3n) is 3.18. The number of nitrogens with zero attached hydrogens (tertiary/aromatic N) is 1. The number of hydrogen-bond acceptors (Lipinski definition) is 4. The van der Waals surface area contributed by atoms with Crippen LogP contribution in [0, 0.1) is 0 Å². The van der Waals surface area contributed by atoms with Crippen molar-refractivity contribution in [2.45, 2.75) is 6.42 Å². The summed E-state index contributed by atoms with van der Waals surface area (Å²) in [5.41, 5.74) is 1.24. The van der Waals surface area contributed by atoms with Gasteiger partial charge in [0, 0.05) is 43.4 Å². The molecule has 1 aromatic carbocycles. The maximum Gasteiger partial charge on any atom is 0.257 e. The number of amides is 2. The molecule has 0 unspecified atom stereocenters. The minimum atomic E-state index is -0.348. The molecule has 6 nitrogen and oxygen atoms in total. The molecule has 126 valence electrons. The van der Waals surface area contributed by atoms with Gasteiger partial charge in [0.2, 0.25) is 0 Å². The van der Waals surface area contributed by atoms with Crippen molar-refractivity contribution >= 4 is 29.1 Å². The number of carbonyl (C=O) groups is 2. The Morgan fingerprint density at radius 3 is 2.46 bits per heavy atom. The van der Waals surface area contributed by atoms with Gasteiger partial charge in [-0.1, -0.05) is 11.6 Å². The van der Waals surface area contributed by atoms with Gasteiger partial charge in [-0.25, -0.2) is 0 Å². The number of halogens is 1. The fourth-order valence-electron chi connectivity index (χ4n) is 1.95. The van der Waals surface area contributed by atoms with Crippen LogP contribution < -0.4 is 10.6 Å². The third-order valence-corrected chi connectivity index (χ3v) is 3.43. The first-order valence-corrected chi connectivity index (χ1v) is 7.77. The molecule has 1 heterocycles. The lowest BCUT2D eigenvalue weighted by Gasteiger charge is -2.07. The van der Waals surface area contributed by atoms with Gasteiger partial charge >= 0.3 is 0 Å². The summed E-state index contributed by atoms with van der Waals surface area (Å²) in [7, 11) is 1.61. The van der Waals surface area contributed by atoms with Crippen LogP contribution in [0.3, 0.4) is 0 Å². The summed E-state index contributed by atoms with van der Waals surface area (Å²) < 4.78 is 4.92. The Kier molecular flexibility index (Phi) is 6.72. The van der Waals surface area contributed by atoms with Crippen LogP contribution >= 0.6 is 11.6 Å². The second-order valence-electron chi connectivity index (χ2n) is 5.03. The number of carbonyl (C=O) groups excluding carboxylic acids is 2. The van der Waals surface area contributed by atoms with Crippen LogP contribution in [-0.2, 0) is 4.74 Å². The van der Waals surface area contributed by atoms with Gasteiger partial charge in [0.05, 0.1) is 11.1 Å². The largest absolute Gasteiger partial charge is 0.385 e. The molecule has 0 fully saturated rings. The van der Waals surface area contributed by atoms with Crippen LogP contribution in [-0.4, -0.2) is 37.1 Å². The van der Waals surface area contributed by atoms with Gasteiger partial charge in [-0.2, -0.15) is 0 Å². The van der Waals surface area contributed by atoms with Crippen molar-refractivity contribution in [3.63, 3.8) is 0 Å². The van der Waals surface area contributed by atoms with Crippen LogP contribution in [0.15, 0.2) is 42.7 Å². The average Bonchev–Trinajstić information content (AvgIpc) is 2.60. The van der Waals surface area contributed by atoms with Crippen molar-refractivity contribution in [2.75, 3.05) is 25.6 Å². The van der Waals surface area contributed by atoms with E-state index in [4.69, 9.17) is 16.3 Å². The molecule has 0 aliphatic heterocycles. The molecule has 0 aliphatic carbocycles. The Bertz CT molecular complexity index is 704. The number of rotatable bonds is 7. The molecule has 0 bridgehead atoms. The minimum absolute atomic E-state index is 0.278. The van der Waals surface area contributed by atoms with E-state index in [0.29, 0.717) is 41.4 Å². The van der Waals surface area contributed by atoms with Crippen LogP contribution in [0.25, 0.3) is 0 Å². The Morgan fingerprint density at radius 2 is 1.79 bits per heavy atom. The summed E-state index contributed by atoms with van der Waals surface area (Å²) in [6.07, 6.45) is 3.55. The van der Waals surface area contributed by atoms with Gasteiger partial charge in [0.1, 0.15) is 0 Å². The van der Waals surface area contributed by atoms with Crippen LogP contribution in [0.5, 0.6) is 0 Å². The van der Waals surface area contributed by atoms with Gasteiger partial charge in [0.25, 0.3) is 11.8 Å². The lowest BCUT2D eigenvalue weighted by atomic mass is 10.2. The van der Waals surface area contributed by atoms with Gasteiger partial charge in [-0.15, -0.1) is 0 Å². The molecule has 2 N–H and O–H groups in total. The highest BCUT2D eigenvalue weighted by Gasteiger charge is 2.11. The maximum absolute atomic E-state index is 12.2. The first kappa shape index (κ1) is 17.9. The zero-order valence-electron chi connectivity index (χ0n) is 13.2. The zero-order valence-corrected chi connectivity index (χ0v) is 14.0. The quantitative estimate of drug-likeness (QED) is 0.755. The van der Waals surface area contributed by atoms with E-state index in [0.717, 1.165) is 0 Å². The lowest BCUT2D eigenvalue weighted by molar-refractivity contribution is 0.0948. The van der Waals surface area contributed by atoms with Crippen molar-refractivity contribution in [3.8, 4) is 0 Å². The number of hydrogen-bond donors (Lipinski definition) is 2. The van der Waals surface area contributed by atoms with E-state index in [9.17, 15) is 9.59 Å².